The van der Waals surface area contributed by atoms with Crippen LogP contribution in [0.5, 0.6) is 0 Å². The van der Waals surface area contributed by atoms with E-state index in [1.54, 1.807) is 29.7 Å². The summed E-state index contributed by atoms with van der Waals surface area (Å²) < 4.78 is 1.09. The molecule has 5 nitrogen and oxygen atoms in total. The first-order chi connectivity index (χ1) is 18.4. The zero-order valence-corrected chi connectivity index (χ0v) is 24.8. The van der Waals surface area contributed by atoms with Gasteiger partial charge in [0.1, 0.15) is 0 Å². The van der Waals surface area contributed by atoms with Crippen LogP contribution in [0.25, 0.3) is 5.70 Å². The lowest BCUT2D eigenvalue weighted by molar-refractivity contribution is 0.383. The van der Waals surface area contributed by atoms with Gasteiger partial charge in [-0.15, -0.1) is 11.8 Å². The molecule has 1 heterocycles. The molecule has 0 bridgehead atoms. The highest BCUT2D eigenvalue weighted by Crippen LogP contribution is 2.37. The fraction of sp³-hybridized carbons (Fsp3) is 0.355. The molecule has 1 atom stereocenters. The van der Waals surface area contributed by atoms with E-state index < -0.39 is 0 Å². The smallest absolute Gasteiger partial charge is 0.0890 e. The molecule has 1 saturated heterocycles. The molecule has 3 rings (SSSR count). The van der Waals surface area contributed by atoms with Gasteiger partial charge in [-0.3, -0.25) is 15.3 Å². The first-order valence-electron chi connectivity index (χ1n) is 13.1. The Hall–Kier alpha value is -2.74. The Bertz CT molecular complexity index is 1160. The highest BCUT2D eigenvalue weighted by atomic mass is 32.2. The molecule has 0 amide bonds. The summed E-state index contributed by atoms with van der Waals surface area (Å²) in [6.07, 6.45) is 9.87. The molecule has 1 aliphatic rings. The van der Waals surface area contributed by atoms with Crippen molar-refractivity contribution in [3.05, 3.63) is 87.8 Å². The van der Waals surface area contributed by atoms with E-state index in [2.05, 4.69) is 96.0 Å². The van der Waals surface area contributed by atoms with Gasteiger partial charge in [0, 0.05) is 59.3 Å². The first-order valence-corrected chi connectivity index (χ1v) is 14.9. The van der Waals surface area contributed by atoms with Crippen molar-refractivity contribution >= 4 is 47.8 Å². The quantitative estimate of drug-likeness (QED) is 0.110. The first kappa shape index (κ1) is 29.8. The predicted octanol–water partition coefficient (Wildman–Crippen LogP) is 7.64. The van der Waals surface area contributed by atoms with E-state index in [0.29, 0.717) is 12.7 Å². The van der Waals surface area contributed by atoms with Crippen molar-refractivity contribution in [1.29, 1.82) is 0 Å². The number of hydrogen-bond donors (Lipinski definition) is 2. The summed E-state index contributed by atoms with van der Waals surface area (Å²) in [4.78, 5) is 12.0. The number of rotatable bonds is 14. The monoisotopic (exact) mass is 547 g/mol. The maximum Gasteiger partial charge on any atom is 0.0890 e. The maximum absolute atomic E-state index is 4.57. The number of aliphatic imine (C=N–C) groups is 2. The molecule has 38 heavy (non-hydrogen) atoms. The summed E-state index contributed by atoms with van der Waals surface area (Å²) in [5.74, 6) is 0.746. The number of aryl methyl sites for hydroxylation is 3. The van der Waals surface area contributed by atoms with Gasteiger partial charge in [0.2, 0.25) is 0 Å². The van der Waals surface area contributed by atoms with Gasteiger partial charge in [0.25, 0.3) is 0 Å². The molecule has 7 heteroatoms. The molecule has 0 radical (unpaired) electrons. The molecule has 0 spiro atoms. The van der Waals surface area contributed by atoms with Crippen LogP contribution in [-0.2, 0) is 0 Å². The van der Waals surface area contributed by atoms with Crippen LogP contribution in [0.2, 0.25) is 0 Å². The van der Waals surface area contributed by atoms with Crippen LogP contribution >= 0.6 is 23.5 Å². The van der Waals surface area contributed by atoms with Crippen LogP contribution in [0.4, 0.5) is 5.69 Å². The molecule has 0 aliphatic carbocycles. The Morgan fingerprint density at radius 3 is 2.68 bits per heavy atom. The predicted molar refractivity (Wildman–Crippen MR) is 172 cm³/mol. The highest BCUT2D eigenvalue weighted by molar-refractivity contribution is 8.22. The van der Waals surface area contributed by atoms with Gasteiger partial charge in [-0.2, -0.15) is 0 Å². The topological polar surface area (TPSA) is 52.0 Å². The van der Waals surface area contributed by atoms with Crippen molar-refractivity contribution in [3.8, 4) is 0 Å². The molecule has 1 fully saturated rings. The summed E-state index contributed by atoms with van der Waals surface area (Å²) in [7, 11) is 0. The van der Waals surface area contributed by atoms with Crippen LogP contribution in [0.3, 0.4) is 0 Å². The summed E-state index contributed by atoms with van der Waals surface area (Å²) in [5, 5.41) is 7.05. The molecule has 2 aromatic rings. The fourth-order valence-corrected chi connectivity index (χ4v) is 6.42. The van der Waals surface area contributed by atoms with E-state index >= 15 is 0 Å². The van der Waals surface area contributed by atoms with Crippen LogP contribution in [0, 0.1) is 20.8 Å². The standard InChI is InChI=1S/C31H41N5S2/c1-7-8-16-33-21-34-22-37-30(20-32-6)38-28-15-14-23(2)29(18-28)26(5)36-17-10-13-27(36)19-35-31-24(3)11-9-12-25(31)4/h7-9,11-12,14-16,18,20,27,34-35H,5-6,10,13,17,19,21-22H2,1-4H3/b8-7-,30-20+,33-16-/t27-/m0/s1. The van der Waals surface area contributed by atoms with Crippen molar-refractivity contribution in [2.45, 2.75) is 51.5 Å². The van der Waals surface area contributed by atoms with Crippen molar-refractivity contribution < 1.29 is 0 Å². The summed E-state index contributed by atoms with van der Waals surface area (Å²) in [6, 6.07) is 13.5. The van der Waals surface area contributed by atoms with Gasteiger partial charge in [0.05, 0.1) is 10.9 Å². The average molecular weight is 548 g/mol. The summed E-state index contributed by atoms with van der Waals surface area (Å²) >= 11 is 3.41. The lowest BCUT2D eigenvalue weighted by Gasteiger charge is -2.30. The Kier molecular flexibility index (Phi) is 12.3. The van der Waals surface area contributed by atoms with Crippen LogP contribution in [0.1, 0.15) is 42.0 Å². The minimum atomic E-state index is 0.426. The largest absolute Gasteiger partial charge is 0.383 e. The number of anilines is 1. The van der Waals surface area contributed by atoms with Crippen molar-refractivity contribution in [1.82, 2.24) is 10.2 Å². The van der Waals surface area contributed by atoms with E-state index in [-0.39, 0.29) is 0 Å². The van der Waals surface area contributed by atoms with Gasteiger partial charge >= 0.3 is 0 Å². The SMILES string of the molecule is C=N/C=C(\SCNC/N=C\C=C/C)Sc1ccc(C)c(C(=C)N2CCC[C@H]2CNc2c(C)cccc2C)c1. The second-order valence-corrected chi connectivity index (χ2v) is 11.7. The summed E-state index contributed by atoms with van der Waals surface area (Å²) in [6.45, 7) is 19.3. The Morgan fingerprint density at radius 2 is 1.95 bits per heavy atom. The zero-order valence-electron chi connectivity index (χ0n) is 23.2. The normalized spacial score (nSPS) is 16.1. The lowest BCUT2D eigenvalue weighted by atomic mass is 10.0. The highest BCUT2D eigenvalue weighted by Gasteiger charge is 2.27. The van der Waals surface area contributed by atoms with Crippen LogP contribution in [0.15, 0.2) is 80.4 Å². The van der Waals surface area contributed by atoms with E-state index in [9.17, 15) is 0 Å². The number of para-hydroxylation sites is 1. The number of nitrogens with zero attached hydrogens (tertiary/aromatic N) is 3. The van der Waals surface area contributed by atoms with Gasteiger partial charge in [-0.25, -0.2) is 0 Å². The van der Waals surface area contributed by atoms with Gasteiger partial charge in [-0.05, 0) is 82.2 Å². The third-order valence-corrected chi connectivity index (χ3v) is 8.70. The molecule has 0 aromatic heterocycles. The number of benzene rings is 2. The number of hydrogen-bond acceptors (Lipinski definition) is 7. The zero-order chi connectivity index (χ0) is 27.3. The molecule has 202 valence electrons. The number of likely N-dealkylation sites (tertiary alicyclic amines) is 1. The molecular formula is C31H41N5S2. The van der Waals surface area contributed by atoms with E-state index in [4.69, 9.17) is 0 Å². The molecule has 0 saturated carbocycles. The molecule has 0 unspecified atom stereocenters. The number of thioether (sulfide) groups is 2. The van der Waals surface area contributed by atoms with Gasteiger partial charge in [0.15, 0.2) is 0 Å². The van der Waals surface area contributed by atoms with Crippen molar-refractivity contribution in [3.63, 3.8) is 0 Å². The third kappa shape index (κ3) is 8.65. The van der Waals surface area contributed by atoms with E-state index in [1.807, 2.05) is 25.3 Å². The third-order valence-electron chi connectivity index (χ3n) is 6.56. The van der Waals surface area contributed by atoms with Gasteiger partial charge in [-0.1, -0.05) is 48.7 Å². The maximum atomic E-state index is 4.57. The Balaban J connectivity index is 1.64. The molecule has 1 aliphatic heterocycles. The van der Waals surface area contributed by atoms with E-state index in [0.717, 1.165) is 28.9 Å². The average Bonchev–Trinajstić information content (AvgIpc) is 3.37. The van der Waals surface area contributed by atoms with Crippen LogP contribution < -0.4 is 10.6 Å². The second-order valence-electron chi connectivity index (χ2n) is 9.35. The Labute approximate surface area is 237 Å². The lowest BCUT2D eigenvalue weighted by Crippen LogP contribution is -2.33. The van der Waals surface area contributed by atoms with Crippen molar-refractivity contribution in [2.24, 2.45) is 9.98 Å². The minimum absolute atomic E-state index is 0.426. The fourth-order valence-electron chi connectivity index (χ4n) is 4.56. The summed E-state index contributed by atoms with van der Waals surface area (Å²) in [5.41, 5.74) is 7.40. The number of allylic oxidation sites excluding steroid dienone is 2. The Morgan fingerprint density at radius 1 is 1.16 bits per heavy atom. The molecule has 2 aromatic carbocycles. The number of nitrogens with one attached hydrogen (secondary N) is 2. The van der Waals surface area contributed by atoms with Gasteiger partial charge < -0.3 is 10.2 Å². The van der Waals surface area contributed by atoms with Crippen molar-refractivity contribution in [2.75, 3.05) is 31.0 Å². The molecule has 2 N–H and O–H groups in total. The van der Waals surface area contributed by atoms with Crippen LogP contribution in [-0.4, -0.2) is 49.5 Å². The molecular weight excluding hydrogens is 507 g/mol. The second kappa shape index (κ2) is 15.6. The van der Waals surface area contributed by atoms with E-state index in [1.165, 1.54) is 45.7 Å². The minimum Gasteiger partial charge on any atom is -0.383 e.